The van der Waals surface area contributed by atoms with Crippen LogP contribution in [0.2, 0.25) is 0 Å². The fourth-order valence-corrected chi connectivity index (χ4v) is 3.41. The molecule has 1 aromatic carbocycles. The maximum absolute atomic E-state index is 12.3. The van der Waals surface area contributed by atoms with Crippen LogP contribution in [0.5, 0.6) is 0 Å². The molecule has 4 nitrogen and oxygen atoms in total. The number of H-pyrrole nitrogens is 1. The van der Waals surface area contributed by atoms with Crippen molar-refractivity contribution in [3.05, 3.63) is 30.1 Å². The van der Waals surface area contributed by atoms with Crippen molar-refractivity contribution in [3.63, 3.8) is 0 Å². The average molecular weight is 271 g/mol. The molecule has 2 unspecified atom stereocenters. The van der Waals surface area contributed by atoms with E-state index in [4.69, 9.17) is 0 Å². The van der Waals surface area contributed by atoms with Gasteiger partial charge in [0.25, 0.3) is 5.91 Å². The Morgan fingerprint density at radius 2 is 2.00 bits per heavy atom. The fourth-order valence-electron chi connectivity index (χ4n) is 3.41. The van der Waals surface area contributed by atoms with E-state index in [-0.39, 0.29) is 5.91 Å². The van der Waals surface area contributed by atoms with Gasteiger partial charge in [-0.15, -0.1) is 0 Å². The van der Waals surface area contributed by atoms with Crippen LogP contribution in [0.1, 0.15) is 43.5 Å². The van der Waals surface area contributed by atoms with Gasteiger partial charge in [-0.3, -0.25) is 4.79 Å². The minimum atomic E-state index is 0.0211. The Bertz CT molecular complexity index is 609. The summed E-state index contributed by atoms with van der Waals surface area (Å²) in [5.74, 6) is 1.41. The summed E-state index contributed by atoms with van der Waals surface area (Å²) in [5, 5.41) is 3.18. The molecule has 2 atom stereocenters. The van der Waals surface area contributed by atoms with Gasteiger partial charge in [0.15, 0.2) is 0 Å². The predicted molar refractivity (Wildman–Crippen MR) is 79.5 cm³/mol. The molecule has 1 aromatic heterocycles. The van der Waals surface area contributed by atoms with Gasteiger partial charge in [0.1, 0.15) is 0 Å². The molecule has 1 fully saturated rings. The van der Waals surface area contributed by atoms with Crippen molar-refractivity contribution in [3.8, 4) is 0 Å². The van der Waals surface area contributed by atoms with E-state index in [1.807, 2.05) is 18.2 Å². The van der Waals surface area contributed by atoms with Crippen LogP contribution in [0.4, 0.5) is 0 Å². The monoisotopic (exact) mass is 271 g/mol. The Hall–Kier alpha value is -1.84. The number of amides is 1. The van der Waals surface area contributed by atoms with Gasteiger partial charge in [0, 0.05) is 11.6 Å². The molecule has 1 aliphatic rings. The summed E-state index contributed by atoms with van der Waals surface area (Å²) in [7, 11) is 0. The third kappa shape index (κ3) is 2.69. The van der Waals surface area contributed by atoms with Crippen molar-refractivity contribution in [1.29, 1.82) is 0 Å². The lowest BCUT2D eigenvalue weighted by molar-refractivity contribution is 0.0911. The summed E-state index contributed by atoms with van der Waals surface area (Å²) in [5.41, 5.74) is 2.50. The molecule has 4 heteroatoms. The van der Waals surface area contributed by atoms with E-state index in [9.17, 15) is 4.79 Å². The molecule has 1 amide bonds. The van der Waals surface area contributed by atoms with Crippen LogP contribution >= 0.6 is 0 Å². The minimum absolute atomic E-state index is 0.0211. The summed E-state index contributed by atoms with van der Waals surface area (Å²) in [6.45, 7) is 4.54. The summed E-state index contributed by atoms with van der Waals surface area (Å²) in [6, 6.07) is 5.90. The van der Waals surface area contributed by atoms with Gasteiger partial charge in [-0.1, -0.05) is 13.8 Å². The third-order valence-electron chi connectivity index (χ3n) is 4.20. The topological polar surface area (TPSA) is 57.8 Å². The molecule has 0 bridgehead atoms. The van der Waals surface area contributed by atoms with Crippen molar-refractivity contribution in [2.24, 2.45) is 11.8 Å². The molecule has 2 aromatic rings. The molecule has 0 saturated heterocycles. The Labute approximate surface area is 119 Å². The molecular weight excluding hydrogens is 250 g/mol. The highest BCUT2D eigenvalue weighted by Crippen LogP contribution is 2.28. The van der Waals surface area contributed by atoms with Crippen molar-refractivity contribution in [1.82, 2.24) is 15.3 Å². The van der Waals surface area contributed by atoms with Gasteiger partial charge in [-0.05, 0) is 49.3 Å². The SMILES string of the molecule is CC1CC(C)CC(NC(=O)c2ccc3nc[nH]c3c2)C1. The highest BCUT2D eigenvalue weighted by Gasteiger charge is 2.25. The lowest BCUT2D eigenvalue weighted by atomic mass is 9.80. The maximum Gasteiger partial charge on any atom is 0.251 e. The van der Waals surface area contributed by atoms with Crippen molar-refractivity contribution in [2.75, 3.05) is 0 Å². The molecule has 0 aliphatic heterocycles. The molecule has 1 heterocycles. The number of carbonyl (C=O) groups excluding carboxylic acids is 1. The second-order valence-electron chi connectivity index (χ2n) is 6.22. The first-order chi connectivity index (χ1) is 9.61. The highest BCUT2D eigenvalue weighted by molar-refractivity contribution is 5.97. The molecule has 3 rings (SSSR count). The molecule has 2 N–H and O–H groups in total. The number of fused-ring (bicyclic) bond motifs is 1. The Balaban J connectivity index is 1.72. The first kappa shape index (κ1) is 13.2. The Morgan fingerprint density at radius 3 is 2.75 bits per heavy atom. The number of aromatic nitrogens is 2. The van der Waals surface area contributed by atoms with E-state index in [1.165, 1.54) is 6.42 Å². The van der Waals surface area contributed by atoms with E-state index < -0.39 is 0 Å². The van der Waals surface area contributed by atoms with Crippen LogP contribution in [0.15, 0.2) is 24.5 Å². The lowest BCUT2D eigenvalue weighted by Crippen LogP contribution is -2.40. The number of rotatable bonds is 2. The first-order valence-electron chi connectivity index (χ1n) is 7.36. The summed E-state index contributed by atoms with van der Waals surface area (Å²) >= 11 is 0. The van der Waals surface area contributed by atoms with E-state index in [2.05, 4.69) is 29.1 Å². The van der Waals surface area contributed by atoms with Crippen molar-refractivity contribution >= 4 is 16.9 Å². The molecule has 1 saturated carbocycles. The summed E-state index contributed by atoms with van der Waals surface area (Å²) < 4.78 is 0. The first-order valence-corrected chi connectivity index (χ1v) is 7.36. The van der Waals surface area contributed by atoms with Crippen LogP contribution in [0.3, 0.4) is 0 Å². The van der Waals surface area contributed by atoms with Gasteiger partial charge < -0.3 is 10.3 Å². The van der Waals surface area contributed by atoms with Crippen LogP contribution in [0, 0.1) is 11.8 Å². The van der Waals surface area contributed by atoms with E-state index >= 15 is 0 Å². The van der Waals surface area contributed by atoms with Gasteiger partial charge >= 0.3 is 0 Å². The standard InChI is InChI=1S/C16H21N3O/c1-10-5-11(2)7-13(6-10)19-16(20)12-3-4-14-15(8-12)18-9-17-14/h3-4,8-11,13H,5-7H2,1-2H3,(H,17,18)(H,19,20). The van der Waals surface area contributed by atoms with E-state index in [0.717, 1.165) is 23.9 Å². The second kappa shape index (κ2) is 5.27. The number of hydrogen-bond acceptors (Lipinski definition) is 2. The number of carbonyl (C=O) groups is 1. The van der Waals surface area contributed by atoms with Gasteiger partial charge in [-0.2, -0.15) is 0 Å². The van der Waals surface area contributed by atoms with E-state index in [1.54, 1.807) is 6.33 Å². The number of aromatic amines is 1. The zero-order valence-corrected chi connectivity index (χ0v) is 12.0. The number of imidazole rings is 1. The van der Waals surface area contributed by atoms with Gasteiger partial charge in [0.05, 0.1) is 17.4 Å². The molecule has 0 radical (unpaired) electrons. The average Bonchev–Trinajstić information content (AvgIpc) is 2.84. The molecule has 20 heavy (non-hydrogen) atoms. The van der Waals surface area contributed by atoms with Crippen molar-refractivity contribution < 1.29 is 4.79 Å². The zero-order chi connectivity index (χ0) is 14.1. The maximum atomic E-state index is 12.3. The van der Waals surface area contributed by atoms with Crippen LogP contribution < -0.4 is 5.32 Å². The normalized spacial score (nSPS) is 26.6. The minimum Gasteiger partial charge on any atom is -0.349 e. The summed E-state index contributed by atoms with van der Waals surface area (Å²) in [4.78, 5) is 19.6. The highest BCUT2D eigenvalue weighted by atomic mass is 16.1. The lowest BCUT2D eigenvalue weighted by Gasteiger charge is -2.31. The molecular formula is C16H21N3O. The van der Waals surface area contributed by atoms with Gasteiger partial charge in [-0.25, -0.2) is 4.98 Å². The number of hydrogen-bond donors (Lipinski definition) is 2. The predicted octanol–water partition coefficient (Wildman–Crippen LogP) is 3.12. The number of benzene rings is 1. The molecule has 106 valence electrons. The van der Waals surface area contributed by atoms with Crippen LogP contribution in [-0.2, 0) is 0 Å². The van der Waals surface area contributed by atoms with Crippen LogP contribution in [-0.4, -0.2) is 21.9 Å². The van der Waals surface area contributed by atoms with Crippen LogP contribution in [0.25, 0.3) is 11.0 Å². The fraction of sp³-hybridized carbons (Fsp3) is 0.500. The smallest absolute Gasteiger partial charge is 0.251 e. The molecule has 0 spiro atoms. The Morgan fingerprint density at radius 1 is 1.25 bits per heavy atom. The van der Waals surface area contributed by atoms with Crippen molar-refractivity contribution in [2.45, 2.75) is 39.2 Å². The molecule has 1 aliphatic carbocycles. The third-order valence-corrected chi connectivity index (χ3v) is 4.20. The largest absolute Gasteiger partial charge is 0.349 e. The second-order valence-corrected chi connectivity index (χ2v) is 6.22. The number of nitrogens with zero attached hydrogens (tertiary/aromatic N) is 1. The summed E-state index contributed by atoms with van der Waals surface area (Å²) in [6.07, 6.45) is 5.09. The zero-order valence-electron chi connectivity index (χ0n) is 12.0. The Kier molecular flexibility index (Phi) is 3.47. The quantitative estimate of drug-likeness (QED) is 0.881. The number of nitrogens with one attached hydrogen (secondary N) is 2. The van der Waals surface area contributed by atoms with Gasteiger partial charge in [0.2, 0.25) is 0 Å². The van der Waals surface area contributed by atoms with E-state index in [0.29, 0.717) is 23.4 Å².